The van der Waals surface area contributed by atoms with Gasteiger partial charge in [0.15, 0.2) is 0 Å². The van der Waals surface area contributed by atoms with Gasteiger partial charge >= 0.3 is 0 Å². The van der Waals surface area contributed by atoms with Gasteiger partial charge in [-0.25, -0.2) is 0 Å². The second-order valence-corrected chi connectivity index (χ2v) is 5.25. The van der Waals surface area contributed by atoms with E-state index in [4.69, 9.17) is 23.2 Å². The van der Waals surface area contributed by atoms with E-state index in [-0.39, 0.29) is 11.7 Å². The SMILES string of the molecule is CCC(C(C)=O)c1ccc(I)c(Cl)c1Cl. The molecule has 82 valence electrons. The monoisotopic (exact) mass is 356 g/mol. The lowest BCUT2D eigenvalue weighted by molar-refractivity contribution is -0.118. The maximum atomic E-state index is 11.4. The molecule has 15 heavy (non-hydrogen) atoms. The summed E-state index contributed by atoms with van der Waals surface area (Å²) < 4.78 is 0.904. The summed E-state index contributed by atoms with van der Waals surface area (Å²) in [4.78, 5) is 11.4. The summed E-state index contributed by atoms with van der Waals surface area (Å²) >= 11 is 14.3. The van der Waals surface area contributed by atoms with E-state index in [9.17, 15) is 4.79 Å². The zero-order valence-electron chi connectivity index (χ0n) is 8.48. The topological polar surface area (TPSA) is 17.1 Å². The van der Waals surface area contributed by atoms with Gasteiger partial charge in [-0.2, -0.15) is 0 Å². The van der Waals surface area contributed by atoms with Crippen LogP contribution in [0.4, 0.5) is 0 Å². The molecule has 0 radical (unpaired) electrons. The summed E-state index contributed by atoms with van der Waals surface area (Å²) in [5, 5.41) is 1.04. The molecule has 0 saturated carbocycles. The fraction of sp³-hybridized carbons (Fsp3) is 0.364. The van der Waals surface area contributed by atoms with E-state index in [1.54, 1.807) is 6.92 Å². The predicted octanol–water partition coefficient (Wildman–Crippen LogP) is 4.68. The highest BCUT2D eigenvalue weighted by molar-refractivity contribution is 14.1. The number of hydrogen-bond acceptors (Lipinski definition) is 1. The Morgan fingerprint density at radius 2 is 2.00 bits per heavy atom. The van der Waals surface area contributed by atoms with Crippen molar-refractivity contribution in [2.45, 2.75) is 26.2 Å². The Bertz CT molecular complexity index is 390. The molecule has 4 heteroatoms. The van der Waals surface area contributed by atoms with E-state index in [1.165, 1.54) is 0 Å². The van der Waals surface area contributed by atoms with Crippen LogP contribution in [0, 0.1) is 3.57 Å². The van der Waals surface area contributed by atoms with Crippen molar-refractivity contribution in [3.63, 3.8) is 0 Å². The van der Waals surface area contributed by atoms with Crippen LogP contribution in [0.25, 0.3) is 0 Å². The van der Waals surface area contributed by atoms with E-state index in [0.717, 1.165) is 15.6 Å². The normalized spacial score (nSPS) is 12.6. The van der Waals surface area contributed by atoms with E-state index in [1.807, 2.05) is 19.1 Å². The summed E-state index contributed by atoms with van der Waals surface area (Å²) in [6.07, 6.45) is 0.742. The molecule has 0 amide bonds. The van der Waals surface area contributed by atoms with E-state index in [0.29, 0.717) is 10.0 Å². The van der Waals surface area contributed by atoms with Crippen LogP contribution in [-0.4, -0.2) is 5.78 Å². The summed E-state index contributed by atoms with van der Waals surface area (Å²) in [6.45, 7) is 3.55. The minimum absolute atomic E-state index is 0.122. The minimum atomic E-state index is -0.146. The Balaban J connectivity index is 3.25. The van der Waals surface area contributed by atoms with E-state index < -0.39 is 0 Å². The second-order valence-electron chi connectivity index (χ2n) is 3.34. The van der Waals surface area contributed by atoms with Gasteiger partial charge in [0.05, 0.1) is 10.0 Å². The molecule has 0 aliphatic carbocycles. The molecule has 0 fully saturated rings. The van der Waals surface area contributed by atoms with Crippen LogP contribution in [-0.2, 0) is 4.79 Å². The number of rotatable bonds is 3. The number of carbonyl (C=O) groups is 1. The highest BCUT2D eigenvalue weighted by Gasteiger charge is 2.19. The number of hydrogen-bond donors (Lipinski definition) is 0. The minimum Gasteiger partial charge on any atom is -0.299 e. The first-order valence-corrected chi connectivity index (χ1v) is 6.46. The standard InChI is InChI=1S/C11H11Cl2IO/c1-3-7(6(2)15)8-4-5-9(14)11(13)10(8)12/h4-5,7H,3H2,1-2H3. The molecule has 0 aliphatic rings. The van der Waals surface area contributed by atoms with E-state index in [2.05, 4.69) is 22.6 Å². The van der Waals surface area contributed by atoms with Crippen molar-refractivity contribution in [3.05, 3.63) is 31.3 Å². The van der Waals surface area contributed by atoms with Crippen molar-refractivity contribution in [1.82, 2.24) is 0 Å². The number of halogens is 3. The Morgan fingerprint density at radius 1 is 1.40 bits per heavy atom. The van der Waals surface area contributed by atoms with Crippen molar-refractivity contribution in [2.24, 2.45) is 0 Å². The average molecular weight is 357 g/mol. The zero-order chi connectivity index (χ0) is 11.6. The van der Waals surface area contributed by atoms with Crippen LogP contribution in [0.5, 0.6) is 0 Å². The lowest BCUT2D eigenvalue weighted by atomic mass is 9.93. The molecule has 0 bridgehead atoms. The first kappa shape index (κ1) is 13.3. The smallest absolute Gasteiger partial charge is 0.137 e. The second kappa shape index (κ2) is 5.51. The number of benzene rings is 1. The molecule has 0 aromatic heterocycles. The third kappa shape index (κ3) is 2.86. The fourth-order valence-corrected chi connectivity index (χ4v) is 2.61. The molecule has 1 nitrogen and oxygen atoms in total. The first-order valence-electron chi connectivity index (χ1n) is 4.62. The fourth-order valence-electron chi connectivity index (χ4n) is 1.54. The van der Waals surface area contributed by atoms with Gasteiger partial charge in [0.2, 0.25) is 0 Å². The van der Waals surface area contributed by atoms with Crippen molar-refractivity contribution in [3.8, 4) is 0 Å². The summed E-state index contributed by atoms with van der Waals surface area (Å²) in [7, 11) is 0. The summed E-state index contributed by atoms with van der Waals surface area (Å²) in [5.41, 5.74) is 0.831. The average Bonchev–Trinajstić information content (AvgIpc) is 2.18. The van der Waals surface area contributed by atoms with Crippen molar-refractivity contribution in [1.29, 1.82) is 0 Å². The molecule has 1 aromatic carbocycles. The van der Waals surface area contributed by atoms with E-state index >= 15 is 0 Å². The molecule has 1 unspecified atom stereocenters. The molecule has 1 aromatic rings. The molecule has 1 atom stereocenters. The van der Waals surface area contributed by atoms with Crippen LogP contribution in [0.1, 0.15) is 31.7 Å². The van der Waals surface area contributed by atoms with Gasteiger partial charge < -0.3 is 0 Å². The number of ketones is 1. The van der Waals surface area contributed by atoms with Crippen molar-refractivity contribution >= 4 is 51.6 Å². The molecular weight excluding hydrogens is 346 g/mol. The van der Waals surface area contributed by atoms with Gasteiger partial charge in [-0.15, -0.1) is 0 Å². The molecule has 1 rings (SSSR count). The molecular formula is C11H11Cl2IO. The van der Waals surface area contributed by atoms with Crippen LogP contribution >= 0.6 is 45.8 Å². The molecule has 0 saturated heterocycles. The van der Waals surface area contributed by atoms with Gasteiger partial charge in [0.1, 0.15) is 5.78 Å². The van der Waals surface area contributed by atoms with Crippen LogP contribution in [0.2, 0.25) is 10.0 Å². The lowest BCUT2D eigenvalue weighted by Gasteiger charge is -2.14. The quantitative estimate of drug-likeness (QED) is 0.567. The third-order valence-corrected chi connectivity index (χ3v) is 4.45. The highest BCUT2D eigenvalue weighted by Crippen LogP contribution is 2.35. The third-order valence-electron chi connectivity index (χ3n) is 2.34. The summed E-state index contributed by atoms with van der Waals surface area (Å²) in [5.74, 6) is -0.0244. The van der Waals surface area contributed by atoms with Gasteiger partial charge in [-0.05, 0) is 47.6 Å². The number of Topliss-reactive ketones (excluding diaryl/α,β-unsaturated/α-hetero) is 1. The van der Waals surface area contributed by atoms with Crippen LogP contribution < -0.4 is 0 Å². The Hall–Kier alpha value is 0.200. The molecule has 0 heterocycles. The summed E-state index contributed by atoms with van der Waals surface area (Å²) in [6, 6.07) is 3.77. The maximum absolute atomic E-state index is 11.4. The van der Waals surface area contributed by atoms with Gasteiger partial charge in [-0.1, -0.05) is 36.2 Å². The largest absolute Gasteiger partial charge is 0.299 e. The van der Waals surface area contributed by atoms with Crippen LogP contribution in [0.15, 0.2) is 12.1 Å². The van der Waals surface area contributed by atoms with Gasteiger partial charge in [0, 0.05) is 9.49 Å². The van der Waals surface area contributed by atoms with Crippen molar-refractivity contribution < 1.29 is 4.79 Å². The zero-order valence-corrected chi connectivity index (χ0v) is 12.2. The highest BCUT2D eigenvalue weighted by atomic mass is 127. The van der Waals surface area contributed by atoms with Gasteiger partial charge in [-0.3, -0.25) is 4.79 Å². The first-order chi connectivity index (χ1) is 6.99. The Labute approximate surface area is 113 Å². The van der Waals surface area contributed by atoms with Gasteiger partial charge in [0.25, 0.3) is 0 Å². The van der Waals surface area contributed by atoms with Crippen molar-refractivity contribution in [2.75, 3.05) is 0 Å². The maximum Gasteiger partial charge on any atom is 0.137 e. The molecule has 0 spiro atoms. The predicted molar refractivity (Wildman–Crippen MR) is 72.9 cm³/mol. The molecule has 0 N–H and O–H groups in total. The Morgan fingerprint density at radius 3 is 2.47 bits per heavy atom. The lowest BCUT2D eigenvalue weighted by Crippen LogP contribution is -2.08. The molecule has 0 aliphatic heterocycles. The van der Waals surface area contributed by atoms with Crippen LogP contribution in [0.3, 0.4) is 0 Å². The number of carbonyl (C=O) groups excluding carboxylic acids is 1. The Kier molecular flexibility index (Phi) is 4.87.